The summed E-state index contributed by atoms with van der Waals surface area (Å²) in [5.41, 5.74) is 2.60. The number of rotatable bonds is 5. The molecular weight excluding hydrogens is 418 g/mol. The highest BCUT2D eigenvalue weighted by Gasteiger charge is 2.22. The average molecular weight is 444 g/mol. The highest BCUT2D eigenvalue weighted by atomic mass is 16.7. The van der Waals surface area contributed by atoms with Crippen LogP contribution in [0.1, 0.15) is 6.92 Å². The molecule has 6 rings (SSSR count). The Kier molecular flexibility index (Phi) is 4.95. The molecule has 33 heavy (non-hydrogen) atoms. The lowest BCUT2D eigenvalue weighted by atomic mass is 10.2. The fourth-order valence-corrected chi connectivity index (χ4v) is 4.27. The molecule has 0 amide bonds. The number of ether oxygens (including phenoxy) is 2. The van der Waals surface area contributed by atoms with Crippen molar-refractivity contribution in [3.63, 3.8) is 0 Å². The SMILES string of the molecule is CCN1CCN(c2nc(Nc3ccc4c(c3)OCO4)c3cnn(-c4ccccc4)c3n2)CC1. The molecule has 1 fully saturated rings. The average Bonchev–Trinajstić information content (AvgIpc) is 3.51. The molecule has 0 radical (unpaired) electrons. The van der Waals surface area contributed by atoms with E-state index in [1.54, 1.807) is 0 Å². The Labute approximate surface area is 191 Å². The van der Waals surface area contributed by atoms with Gasteiger partial charge in [-0.1, -0.05) is 25.1 Å². The van der Waals surface area contributed by atoms with Crippen LogP contribution in [0, 0.1) is 0 Å². The molecule has 0 atom stereocenters. The number of likely N-dealkylation sites (N-methyl/N-ethyl adjacent to an activating group) is 1. The second kappa shape index (κ2) is 8.25. The zero-order chi connectivity index (χ0) is 22.2. The number of piperazine rings is 1. The number of nitrogens with zero attached hydrogens (tertiary/aromatic N) is 6. The number of anilines is 3. The van der Waals surface area contributed by atoms with Gasteiger partial charge < -0.3 is 24.6 Å². The molecule has 0 aliphatic carbocycles. The Hall–Kier alpha value is -3.85. The number of benzene rings is 2. The summed E-state index contributed by atoms with van der Waals surface area (Å²) in [6.07, 6.45) is 1.82. The zero-order valence-corrected chi connectivity index (χ0v) is 18.4. The van der Waals surface area contributed by atoms with Crippen LogP contribution in [0.5, 0.6) is 11.5 Å². The zero-order valence-electron chi connectivity index (χ0n) is 18.4. The lowest BCUT2D eigenvalue weighted by Crippen LogP contribution is -2.46. The van der Waals surface area contributed by atoms with Crippen molar-refractivity contribution in [3.8, 4) is 17.2 Å². The number of para-hydroxylation sites is 1. The predicted molar refractivity (Wildman–Crippen MR) is 127 cm³/mol. The van der Waals surface area contributed by atoms with Crippen LogP contribution >= 0.6 is 0 Å². The normalized spacial score (nSPS) is 15.8. The number of hydrogen-bond donors (Lipinski definition) is 1. The van der Waals surface area contributed by atoms with E-state index in [0.717, 1.165) is 66.6 Å². The Morgan fingerprint density at radius 2 is 1.76 bits per heavy atom. The number of aromatic nitrogens is 4. The monoisotopic (exact) mass is 443 g/mol. The number of hydrogen-bond acceptors (Lipinski definition) is 8. The van der Waals surface area contributed by atoms with Gasteiger partial charge in [0.1, 0.15) is 5.82 Å². The fourth-order valence-electron chi connectivity index (χ4n) is 4.27. The van der Waals surface area contributed by atoms with E-state index in [1.807, 2.05) is 59.4 Å². The molecule has 168 valence electrons. The van der Waals surface area contributed by atoms with Gasteiger partial charge in [0.2, 0.25) is 12.7 Å². The summed E-state index contributed by atoms with van der Waals surface area (Å²) in [7, 11) is 0. The van der Waals surface area contributed by atoms with Gasteiger partial charge in [-0.25, -0.2) is 4.68 Å². The minimum absolute atomic E-state index is 0.244. The first kappa shape index (κ1) is 19.8. The van der Waals surface area contributed by atoms with E-state index in [-0.39, 0.29) is 6.79 Å². The maximum atomic E-state index is 5.54. The van der Waals surface area contributed by atoms with E-state index >= 15 is 0 Å². The molecule has 4 heterocycles. The molecule has 0 unspecified atom stereocenters. The number of nitrogens with one attached hydrogen (secondary N) is 1. The van der Waals surface area contributed by atoms with Crippen molar-refractivity contribution < 1.29 is 9.47 Å². The van der Waals surface area contributed by atoms with E-state index in [0.29, 0.717) is 11.8 Å². The standard InChI is InChI=1S/C24H25N7O2/c1-2-29-10-12-30(13-11-29)24-27-22(26-17-8-9-20-21(14-17)33-16-32-20)19-15-25-31(23(19)28-24)18-6-4-3-5-7-18/h3-9,14-15H,2,10-13,16H2,1H3,(H,26,27,28). The molecular formula is C24H25N7O2. The number of fused-ring (bicyclic) bond motifs is 2. The van der Waals surface area contributed by atoms with Crippen LogP contribution in [-0.2, 0) is 0 Å². The van der Waals surface area contributed by atoms with Crippen molar-refractivity contribution in [1.82, 2.24) is 24.6 Å². The molecule has 0 spiro atoms. The lowest BCUT2D eigenvalue weighted by Gasteiger charge is -2.34. The van der Waals surface area contributed by atoms with Crippen molar-refractivity contribution in [1.29, 1.82) is 0 Å². The van der Waals surface area contributed by atoms with E-state index in [9.17, 15) is 0 Å². The van der Waals surface area contributed by atoms with Crippen LogP contribution in [0.3, 0.4) is 0 Å². The van der Waals surface area contributed by atoms with Crippen molar-refractivity contribution in [2.75, 3.05) is 49.7 Å². The molecule has 2 aromatic carbocycles. The third kappa shape index (κ3) is 3.70. The van der Waals surface area contributed by atoms with E-state index in [2.05, 4.69) is 27.1 Å². The molecule has 2 aliphatic heterocycles. The van der Waals surface area contributed by atoms with Crippen LogP contribution in [0.15, 0.2) is 54.7 Å². The Morgan fingerprint density at radius 1 is 0.939 bits per heavy atom. The highest BCUT2D eigenvalue weighted by molar-refractivity contribution is 5.90. The van der Waals surface area contributed by atoms with E-state index in [1.165, 1.54) is 0 Å². The van der Waals surface area contributed by atoms with E-state index in [4.69, 9.17) is 19.4 Å². The predicted octanol–water partition coefficient (Wildman–Crippen LogP) is 3.43. The van der Waals surface area contributed by atoms with E-state index < -0.39 is 0 Å². The largest absolute Gasteiger partial charge is 0.454 e. The summed E-state index contributed by atoms with van der Waals surface area (Å²) in [6, 6.07) is 15.8. The summed E-state index contributed by atoms with van der Waals surface area (Å²) >= 11 is 0. The third-order valence-corrected chi connectivity index (χ3v) is 6.16. The van der Waals surface area contributed by atoms with Crippen molar-refractivity contribution in [2.24, 2.45) is 0 Å². The quantitative estimate of drug-likeness (QED) is 0.503. The van der Waals surface area contributed by atoms with Crippen LogP contribution in [-0.4, -0.2) is 64.2 Å². The summed E-state index contributed by atoms with van der Waals surface area (Å²) in [5, 5.41) is 8.96. The van der Waals surface area contributed by atoms with Crippen molar-refractivity contribution in [2.45, 2.75) is 6.92 Å². The van der Waals surface area contributed by atoms with Gasteiger partial charge in [-0.05, 0) is 30.8 Å². The van der Waals surface area contributed by atoms with Gasteiger partial charge in [0, 0.05) is 37.9 Å². The van der Waals surface area contributed by atoms with Gasteiger partial charge in [-0.15, -0.1) is 0 Å². The van der Waals surface area contributed by atoms with Gasteiger partial charge in [0.15, 0.2) is 17.1 Å². The molecule has 1 N–H and O–H groups in total. The molecule has 0 saturated carbocycles. The van der Waals surface area contributed by atoms with Gasteiger partial charge in [-0.2, -0.15) is 15.1 Å². The molecule has 9 nitrogen and oxygen atoms in total. The minimum Gasteiger partial charge on any atom is -0.454 e. The van der Waals surface area contributed by atoms with Gasteiger partial charge in [0.05, 0.1) is 17.3 Å². The fraction of sp³-hybridized carbons (Fsp3) is 0.292. The second-order valence-corrected chi connectivity index (χ2v) is 8.12. The first-order chi connectivity index (χ1) is 16.3. The summed E-state index contributed by atoms with van der Waals surface area (Å²) in [5.74, 6) is 2.90. The van der Waals surface area contributed by atoms with Crippen molar-refractivity contribution >= 4 is 28.5 Å². The van der Waals surface area contributed by atoms with Crippen LogP contribution in [0.2, 0.25) is 0 Å². The summed E-state index contributed by atoms with van der Waals surface area (Å²) < 4.78 is 12.9. The Balaban J connectivity index is 1.42. The molecule has 1 saturated heterocycles. The Morgan fingerprint density at radius 3 is 2.58 bits per heavy atom. The van der Waals surface area contributed by atoms with Crippen LogP contribution < -0.4 is 19.7 Å². The summed E-state index contributed by atoms with van der Waals surface area (Å²) in [4.78, 5) is 14.6. The second-order valence-electron chi connectivity index (χ2n) is 8.12. The minimum atomic E-state index is 0.244. The Bertz CT molecular complexity index is 1280. The topological polar surface area (TPSA) is 80.6 Å². The van der Waals surface area contributed by atoms with Crippen LogP contribution in [0.4, 0.5) is 17.5 Å². The van der Waals surface area contributed by atoms with Gasteiger partial charge in [-0.3, -0.25) is 0 Å². The molecule has 2 aliphatic rings. The maximum absolute atomic E-state index is 5.54. The molecule has 9 heteroatoms. The highest BCUT2D eigenvalue weighted by Crippen LogP contribution is 2.36. The van der Waals surface area contributed by atoms with Gasteiger partial charge >= 0.3 is 0 Å². The van der Waals surface area contributed by atoms with Crippen LogP contribution in [0.25, 0.3) is 16.7 Å². The van der Waals surface area contributed by atoms with Gasteiger partial charge in [0.25, 0.3) is 0 Å². The van der Waals surface area contributed by atoms with Crippen molar-refractivity contribution in [3.05, 3.63) is 54.7 Å². The first-order valence-electron chi connectivity index (χ1n) is 11.2. The lowest BCUT2D eigenvalue weighted by molar-refractivity contribution is 0.174. The summed E-state index contributed by atoms with van der Waals surface area (Å²) in [6.45, 7) is 7.29. The molecule has 4 aromatic rings. The maximum Gasteiger partial charge on any atom is 0.231 e. The third-order valence-electron chi connectivity index (χ3n) is 6.16. The molecule has 2 aromatic heterocycles. The first-order valence-corrected chi connectivity index (χ1v) is 11.2. The smallest absolute Gasteiger partial charge is 0.231 e. The molecule has 0 bridgehead atoms.